The first-order valence-corrected chi connectivity index (χ1v) is 17.7. The van der Waals surface area contributed by atoms with Crippen molar-refractivity contribution in [3.05, 3.63) is 187 Å². The minimum atomic E-state index is -0.110. The van der Waals surface area contributed by atoms with Gasteiger partial charge in [0.1, 0.15) is 11.2 Å². The quantitative estimate of drug-likeness (QED) is 0.184. The number of benzene rings is 8. The highest BCUT2D eigenvalue weighted by molar-refractivity contribution is 6.06. The fraction of sp³-hybridized carbons (Fsp3) is 0.0612. The summed E-state index contributed by atoms with van der Waals surface area (Å²) in [4.78, 5) is 2.41. The SMILES string of the molecule is CC1(C)c2ccc(N(c3ccc4c(c3)oc3ccccc34)c3ccccc3-c3cccc(-c4ccccc4)c3)cc2-c2cc3ccccc3cc21. The van der Waals surface area contributed by atoms with Crippen molar-refractivity contribution in [1.82, 2.24) is 0 Å². The average Bonchev–Trinajstić information content (AvgIpc) is 3.65. The lowest BCUT2D eigenvalue weighted by molar-refractivity contribution is 0.661. The van der Waals surface area contributed by atoms with E-state index in [9.17, 15) is 0 Å². The normalized spacial score (nSPS) is 13.1. The summed E-state index contributed by atoms with van der Waals surface area (Å²) in [6.45, 7) is 4.71. The third-order valence-corrected chi connectivity index (χ3v) is 10.8. The van der Waals surface area contributed by atoms with E-state index >= 15 is 0 Å². The smallest absolute Gasteiger partial charge is 0.137 e. The first-order valence-electron chi connectivity index (χ1n) is 17.7. The van der Waals surface area contributed by atoms with Crippen LogP contribution in [0, 0.1) is 0 Å². The topological polar surface area (TPSA) is 16.4 Å². The molecule has 0 unspecified atom stereocenters. The van der Waals surface area contributed by atoms with Crippen molar-refractivity contribution in [3.63, 3.8) is 0 Å². The number of anilines is 3. The molecule has 10 rings (SSSR count). The van der Waals surface area contributed by atoms with E-state index in [4.69, 9.17) is 4.42 Å². The molecule has 2 heteroatoms. The van der Waals surface area contributed by atoms with Crippen molar-refractivity contribution in [2.75, 3.05) is 4.90 Å². The maximum absolute atomic E-state index is 6.46. The van der Waals surface area contributed by atoms with Gasteiger partial charge in [-0.1, -0.05) is 129 Å². The van der Waals surface area contributed by atoms with Gasteiger partial charge in [0, 0.05) is 39.2 Å². The molecule has 1 heterocycles. The van der Waals surface area contributed by atoms with E-state index in [-0.39, 0.29) is 5.41 Å². The van der Waals surface area contributed by atoms with Gasteiger partial charge in [-0.05, 0) is 104 Å². The van der Waals surface area contributed by atoms with Gasteiger partial charge in [0.05, 0.1) is 5.69 Å². The van der Waals surface area contributed by atoms with Gasteiger partial charge in [-0.2, -0.15) is 0 Å². The van der Waals surface area contributed by atoms with Crippen molar-refractivity contribution in [3.8, 4) is 33.4 Å². The minimum Gasteiger partial charge on any atom is -0.456 e. The van der Waals surface area contributed by atoms with Crippen LogP contribution in [0.3, 0.4) is 0 Å². The van der Waals surface area contributed by atoms with Crippen LogP contribution >= 0.6 is 0 Å². The third-order valence-electron chi connectivity index (χ3n) is 10.8. The molecule has 8 aromatic carbocycles. The standard InChI is InChI=1S/C49H35NO/c1-49(2)44-26-24-37(30-43(44)42-28-34-15-6-7-16-35(34)29-45(42)49)50(38-23-25-41-40-20-9-11-22-47(40)51-48(41)31-38)46-21-10-8-19-39(46)36-18-12-17-33(27-36)32-13-4-3-5-14-32/h3-31H,1-2H3. The Labute approximate surface area is 297 Å². The second-order valence-corrected chi connectivity index (χ2v) is 14.2. The Hall–Kier alpha value is -6.38. The highest BCUT2D eigenvalue weighted by Gasteiger charge is 2.36. The van der Waals surface area contributed by atoms with Crippen molar-refractivity contribution >= 4 is 49.8 Å². The first kappa shape index (κ1) is 29.5. The molecule has 51 heavy (non-hydrogen) atoms. The molecule has 0 spiro atoms. The van der Waals surface area contributed by atoms with Crippen LogP contribution in [-0.2, 0) is 5.41 Å². The molecule has 0 bridgehead atoms. The Morgan fingerprint density at radius 2 is 1.06 bits per heavy atom. The van der Waals surface area contributed by atoms with Crippen LogP contribution in [0.1, 0.15) is 25.0 Å². The fourth-order valence-electron chi connectivity index (χ4n) is 8.26. The van der Waals surface area contributed by atoms with E-state index in [1.807, 2.05) is 12.1 Å². The molecule has 1 aliphatic rings. The number of hydrogen-bond acceptors (Lipinski definition) is 2. The second kappa shape index (κ2) is 11.3. The van der Waals surface area contributed by atoms with E-state index in [1.54, 1.807) is 0 Å². The van der Waals surface area contributed by atoms with Crippen LogP contribution in [0.25, 0.3) is 66.1 Å². The number of hydrogen-bond donors (Lipinski definition) is 0. The van der Waals surface area contributed by atoms with Crippen LogP contribution in [-0.4, -0.2) is 0 Å². The predicted molar refractivity (Wildman–Crippen MR) is 214 cm³/mol. The number of nitrogens with zero attached hydrogens (tertiary/aromatic N) is 1. The molecule has 242 valence electrons. The Bertz CT molecular complexity index is 2790. The molecule has 0 saturated heterocycles. The van der Waals surface area contributed by atoms with Gasteiger partial charge in [0.2, 0.25) is 0 Å². The number of rotatable bonds is 5. The van der Waals surface area contributed by atoms with Crippen molar-refractivity contribution in [2.45, 2.75) is 19.3 Å². The molecule has 0 radical (unpaired) electrons. The number of fused-ring (bicyclic) bond motifs is 7. The molecule has 0 aliphatic heterocycles. The van der Waals surface area contributed by atoms with Crippen molar-refractivity contribution < 1.29 is 4.42 Å². The van der Waals surface area contributed by atoms with Crippen LogP contribution in [0.5, 0.6) is 0 Å². The van der Waals surface area contributed by atoms with Crippen LogP contribution in [0.4, 0.5) is 17.1 Å². The summed E-state index contributed by atoms with van der Waals surface area (Å²) < 4.78 is 6.46. The summed E-state index contributed by atoms with van der Waals surface area (Å²) in [6, 6.07) is 63.7. The summed E-state index contributed by atoms with van der Waals surface area (Å²) in [5, 5.41) is 4.80. The molecule has 0 N–H and O–H groups in total. The lowest BCUT2D eigenvalue weighted by Gasteiger charge is -2.29. The van der Waals surface area contributed by atoms with E-state index < -0.39 is 0 Å². The maximum atomic E-state index is 6.46. The van der Waals surface area contributed by atoms with Gasteiger partial charge in [-0.3, -0.25) is 0 Å². The maximum Gasteiger partial charge on any atom is 0.137 e. The van der Waals surface area contributed by atoms with Gasteiger partial charge in [0.15, 0.2) is 0 Å². The Kier molecular flexibility index (Phi) is 6.56. The average molecular weight is 654 g/mol. The van der Waals surface area contributed by atoms with Crippen molar-refractivity contribution in [1.29, 1.82) is 0 Å². The van der Waals surface area contributed by atoms with Crippen molar-refractivity contribution in [2.24, 2.45) is 0 Å². The summed E-state index contributed by atoms with van der Waals surface area (Å²) in [5.74, 6) is 0. The van der Waals surface area contributed by atoms with Gasteiger partial charge < -0.3 is 9.32 Å². The lowest BCUT2D eigenvalue weighted by Crippen LogP contribution is -2.15. The molecule has 1 aromatic heterocycles. The van der Waals surface area contributed by atoms with E-state index in [1.165, 1.54) is 49.7 Å². The van der Waals surface area contributed by atoms with Gasteiger partial charge in [-0.15, -0.1) is 0 Å². The molecule has 0 amide bonds. The number of para-hydroxylation sites is 2. The van der Waals surface area contributed by atoms with E-state index in [0.717, 1.165) is 44.6 Å². The zero-order valence-electron chi connectivity index (χ0n) is 28.6. The zero-order chi connectivity index (χ0) is 34.1. The fourth-order valence-corrected chi connectivity index (χ4v) is 8.26. The largest absolute Gasteiger partial charge is 0.456 e. The summed E-state index contributed by atoms with van der Waals surface area (Å²) in [6.07, 6.45) is 0. The first-order chi connectivity index (χ1) is 25.0. The molecular formula is C49H35NO. The Morgan fingerprint density at radius 1 is 0.412 bits per heavy atom. The van der Waals surface area contributed by atoms with E-state index in [0.29, 0.717) is 0 Å². The molecular weight excluding hydrogens is 619 g/mol. The minimum absolute atomic E-state index is 0.110. The molecule has 0 fully saturated rings. The van der Waals surface area contributed by atoms with Gasteiger partial charge in [-0.25, -0.2) is 0 Å². The molecule has 0 atom stereocenters. The highest BCUT2D eigenvalue weighted by atomic mass is 16.3. The Morgan fingerprint density at radius 3 is 1.94 bits per heavy atom. The number of furan rings is 1. The highest BCUT2D eigenvalue weighted by Crippen LogP contribution is 2.52. The molecule has 2 nitrogen and oxygen atoms in total. The van der Waals surface area contributed by atoms with Gasteiger partial charge >= 0.3 is 0 Å². The van der Waals surface area contributed by atoms with Crippen LogP contribution in [0.2, 0.25) is 0 Å². The predicted octanol–water partition coefficient (Wildman–Crippen LogP) is 13.8. The van der Waals surface area contributed by atoms with Crippen LogP contribution in [0.15, 0.2) is 180 Å². The molecule has 1 aliphatic carbocycles. The zero-order valence-corrected chi connectivity index (χ0v) is 28.6. The van der Waals surface area contributed by atoms with Gasteiger partial charge in [0.25, 0.3) is 0 Å². The third kappa shape index (κ3) is 4.71. The monoisotopic (exact) mass is 653 g/mol. The second-order valence-electron chi connectivity index (χ2n) is 14.2. The summed E-state index contributed by atoms with van der Waals surface area (Å²) in [7, 11) is 0. The summed E-state index contributed by atoms with van der Waals surface area (Å²) >= 11 is 0. The Balaban J connectivity index is 1.20. The lowest BCUT2D eigenvalue weighted by atomic mass is 9.82. The summed E-state index contributed by atoms with van der Waals surface area (Å²) in [5.41, 5.74) is 15.0. The molecule has 9 aromatic rings. The van der Waals surface area contributed by atoms with Crippen LogP contribution < -0.4 is 4.90 Å². The molecule has 0 saturated carbocycles. The van der Waals surface area contributed by atoms with E-state index in [2.05, 4.69) is 183 Å².